The van der Waals surface area contributed by atoms with E-state index in [0.29, 0.717) is 51.9 Å². The molecular weight excluding hydrogens is 1440 g/mol. The lowest BCUT2D eigenvalue weighted by atomic mass is 9.81. The van der Waals surface area contributed by atoms with Crippen molar-refractivity contribution in [1.82, 2.24) is 4.90 Å². The molecule has 1 amide bonds. The maximum atomic E-state index is 15.8. The molecule has 7 fully saturated rings. The second-order valence-electron chi connectivity index (χ2n) is 36.0. The molecule has 0 radical (unpaired) electrons. The summed E-state index contributed by atoms with van der Waals surface area (Å²) in [6.07, 6.45) is 5.73. The van der Waals surface area contributed by atoms with Gasteiger partial charge in [-0.3, -0.25) is 9.69 Å². The minimum Gasteiger partial charge on any atom is -0.444 e. The van der Waals surface area contributed by atoms with E-state index in [0.717, 1.165) is 75.7 Å². The Labute approximate surface area is 668 Å². The number of carbonyl (C=O) groups is 2. The first-order valence-corrected chi connectivity index (χ1v) is 47.9. The van der Waals surface area contributed by atoms with Crippen LogP contribution in [0.5, 0.6) is 0 Å². The predicted molar refractivity (Wildman–Crippen MR) is 449 cm³/mol. The van der Waals surface area contributed by atoms with Gasteiger partial charge in [-0.1, -0.05) is 228 Å². The van der Waals surface area contributed by atoms with Crippen molar-refractivity contribution in [3.8, 4) is 0 Å². The molecule has 1 unspecified atom stereocenters. The van der Waals surface area contributed by atoms with E-state index in [4.69, 9.17) is 60.6 Å². The van der Waals surface area contributed by atoms with Crippen molar-refractivity contribution in [2.75, 3.05) is 26.9 Å². The van der Waals surface area contributed by atoms with Crippen molar-refractivity contribution in [3.63, 3.8) is 0 Å². The normalized spacial score (nSPS) is 30.3. The molecule has 0 aliphatic carbocycles. The Hall–Kier alpha value is -5.31. The molecule has 16 nitrogen and oxygen atoms in total. The Morgan fingerprint density at radius 1 is 0.622 bits per heavy atom. The molecule has 7 aliphatic heterocycles. The van der Waals surface area contributed by atoms with E-state index in [9.17, 15) is 4.79 Å². The van der Waals surface area contributed by atoms with Crippen LogP contribution < -0.4 is 20.7 Å². The van der Waals surface area contributed by atoms with Gasteiger partial charge in [0.1, 0.15) is 47.6 Å². The summed E-state index contributed by atoms with van der Waals surface area (Å²) < 4.78 is 93.7. The zero-order valence-corrected chi connectivity index (χ0v) is 72.7. The maximum absolute atomic E-state index is 15.8. The number of nitrogens with zero attached hydrogens (tertiary/aromatic N) is 1. The highest BCUT2D eigenvalue weighted by Crippen LogP contribution is 2.50. The third-order valence-electron chi connectivity index (χ3n) is 25.0. The van der Waals surface area contributed by atoms with Gasteiger partial charge in [0, 0.05) is 51.6 Å². The van der Waals surface area contributed by atoms with Gasteiger partial charge >= 0.3 is 6.09 Å². The van der Waals surface area contributed by atoms with Crippen LogP contribution >= 0.6 is 0 Å². The number of carbonyl (C=O) groups excluding carboxylic acids is 2. The van der Waals surface area contributed by atoms with Crippen LogP contribution in [0.1, 0.15) is 174 Å². The summed E-state index contributed by atoms with van der Waals surface area (Å²) in [7, 11) is -7.25. The van der Waals surface area contributed by atoms with Gasteiger partial charge < -0.3 is 60.6 Å². The molecule has 4 aromatic carbocycles. The van der Waals surface area contributed by atoms with E-state index in [2.05, 4.69) is 223 Å². The highest BCUT2D eigenvalue weighted by atomic mass is 28.4. The van der Waals surface area contributed by atoms with Crippen LogP contribution in [0.15, 0.2) is 183 Å². The van der Waals surface area contributed by atoms with Crippen LogP contribution in [0.3, 0.4) is 0 Å². The smallest absolute Gasteiger partial charge is 0.412 e. The number of amides is 1. The number of hydrogen-bond acceptors (Lipinski definition) is 15. The van der Waals surface area contributed by atoms with Crippen LogP contribution in [0.4, 0.5) is 4.79 Å². The zero-order chi connectivity index (χ0) is 79.8. The fraction of sp³-hybridized carbons (Fsp3) is 0.609. The molecule has 11 rings (SSSR count). The molecular formula is C92H133NO15Si3. The lowest BCUT2D eigenvalue weighted by Gasteiger charge is -2.53. The predicted octanol–water partition coefficient (Wildman–Crippen LogP) is 16.4. The molecule has 7 saturated heterocycles. The molecule has 0 aromatic heterocycles. The Balaban J connectivity index is 0.928. The monoisotopic (exact) mass is 1580 g/mol. The largest absolute Gasteiger partial charge is 0.444 e. The molecule has 7 heterocycles. The van der Waals surface area contributed by atoms with Crippen molar-refractivity contribution < 1.29 is 70.2 Å². The van der Waals surface area contributed by atoms with Gasteiger partial charge in [-0.05, 0) is 133 Å². The molecule has 0 N–H and O–H groups in total. The first kappa shape index (κ1) is 86.5. The Morgan fingerprint density at radius 2 is 1.19 bits per heavy atom. The highest BCUT2D eigenvalue weighted by molar-refractivity contribution is 7.00. The summed E-state index contributed by atoms with van der Waals surface area (Å²) in [5, 5.41) is 3.76. The van der Waals surface area contributed by atoms with Gasteiger partial charge in [0.2, 0.25) is 0 Å². The number of rotatable bonds is 33. The van der Waals surface area contributed by atoms with Crippen molar-refractivity contribution in [3.05, 3.63) is 183 Å². The number of Topliss-reactive ketones (excluding diaryl/α,β-unsaturated/α-hetero) is 1. The summed E-state index contributed by atoms with van der Waals surface area (Å²) in [6.45, 7) is 51.0. The van der Waals surface area contributed by atoms with E-state index in [1.54, 1.807) is 18.1 Å². The molecule has 0 saturated carbocycles. The third-order valence-corrected chi connectivity index (χ3v) is 39.7. The zero-order valence-electron chi connectivity index (χ0n) is 69.7. The van der Waals surface area contributed by atoms with Crippen molar-refractivity contribution in [1.29, 1.82) is 0 Å². The lowest BCUT2D eigenvalue weighted by molar-refractivity contribution is -0.254. The topological polar surface area (TPSA) is 157 Å². The third kappa shape index (κ3) is 19.5. The van der Waals surface area contributed by atoms with Crippen molar-refractivity contribution in [2.45, 2.75) is 318 Å². The maximum Gasteiger partial charge on any atom is 0.412 e. The fourth-order valence-electron chi connectivity index (χ4n) is 19.2. The van der Waals surface area contributed by atoms with Crippen LogP contribution in [-0.2, 0) is 65.4 Å². The summed E-state index contributed by atoms with van der Waals surface area (Å²) in [6, 6.07) is 46.3. The molecule has 19 heteroatoms. The Morgan fingerprint density at radius 3 is 1.72 bits per heavy atom. The summed E-state index contributed by atoms with van der Waals surface area (Å²) in [5.74, 6) is -0.186. The van der Waals surface area contributed by atoms with E-state index in [1.807, 2.05) is 46.8 Å². The quantitative estimate of drug-likeness (QED) is 0.0252. The van der Waals surface area contributed by atoms with Crippen LogP contribution in [0, 0.1) is 11.8 Å². The number of hydrogen-bond donors (Lipinski definition) is 0. The number of ketones is 1. The standard InChI is InChI=1S/C92H133NO15Si3/c1-21-52-97-53-38-39-67-55-63(7)76(98-67)50-48-68-54-62(6)64(8)78(99-68)60-79-75(82(96-20)80(101-79)59-70-61-93(92(18,19)104-70)88(95)105-89(9,10)11)57-65(94)56-69-49-51-77-83(100-69)87(108-111(91(15,16)17,73-44-34-28-35-45-73)74-46-36-29-37-47-74)86-85(102-77)84(81(103-86)58-66(22-2)106-109(23-3,24-4)25-5)107-110(90(12,13)14,71-40-30-26-31-41-71)72-42-32-27-33-43-72/h21-22,26-47,62,66-70,75-87H,1-2,7-8,23-25,48-61H2,3-6,9-20H3/b39-38+/t62-,66?,67+,68+,69-,70+,75+,76+,77+,78-,79+,80-,81-,82-,83+,84+,85+,86-,87+/m1/s1. The van der Waals surface area contributed by atoms with E-state index in [1.165, 1.54) is 0 Å². The SMILES string of the molecule is C=CCOC/C=C/[C@H]1CC(=C)[C@H](CC[C@H]2C[C@@H](C)C(=C)[C@@H](C[C@@H]3O[C@H](C[C@H]4CN(C(=O)OC(C)(C)C)C(C)(C)O4)[C@H](OC)[C@H]3CC(=O)C[C@H]3CC[C@@H]4O[C@@H]5[C@@H](O[C@H](CC(C=C)O[Si](CC)(CC)CC)[C@@H]5O[Si](c5ccccc5)(c5ccccc5)C(C)(C)C)[C@@H](O[Si](c5ccccc5)(c5ccccc5)C(C)(C)C)[C@H]4O3)O2)O1. The first-order valence-electron chi connectivity index (χ1n) is 41.6. The first-order chi connectivity index (χ1) is 52.8. The fourth-order valence-corrected chi connectivity index (χ4v) is 31.4. The van der Waals surface area contributed by atoms with Gasteiger partial charge in [0.25, 0.3) is 16.6 Å². The van der Waals surface area contributed by atoms with Crippen LogP contribution in [0.25, 0.3) is 0 Å². The molecule has 111 heavy (non-hydrogen) atoms. The van der Waals surface area contributed by atoms with E-state index < -0.39 is 121 Å². The Kier molecular flexibility index (Phi) is 28.8. The van der Waals surface area contributed by atoms with Crippen LogP contribution in [-0.4, -0.2) is 184 Å². The van der Waals surface area contributed by atoms with Gasteiger partial charge in [0.15, 0.2) is 8.32 Å². The number of benzene rings is 4. The van der Waals surface area contributed by atoms with Gasteiger partial charge in [-0.25, -0.2) is 4.79 Å². The Bertz CT molecular complexity index is 3660. The molecule has 608 valence electrons. The lowest BCUT2D eigenvalue weighted by Crippen LogP contribution is -2.73. The minimum absolute atomic E-state index is 0.0364. The number of ether oxygens (including phenoxy) is 10. The molecule has 0 bridgehead atoms. The van der Waals surface area contributed by atoms with Crippen molar-refractivity contribution in [2.24, 2.45) is 11.8 Å². The van der Waals surface area contributed by atoms with Gasteiger partial charge in [-0.15, -0.1) is 13.2 Å². The molecule has 7 aliphatic rings. The molecule has 4 aromatic rings. The number of methoxy groups -OCH3 is 1. The summed E-state index contributed by atoms with van der Waals surface area (Å²) in [5.41, 5.74) is 0.436. The second kappa shape index (κ2) is 36.9. The van der Waals surface area contributed by atoms with Gasteiger partial charge in [0.05, 0.1) is 93.0 Å². The molecule has 0 spiro atoms. The second-order valence-corrected chi connectivity index (χ2v) is 49.3. The number of fused-ring (bicyclic) bond motifs is 2. The van der Waals surface area contributed by atoms with Gasteiger partial charge in [-0.2, -0.15) is 0 Å². The minimum atomic E-state index is -3.43. The summed E-state index contributed by atoms with van der Waals surface area (Å²) >= 11 is 0. The average Bonchev–Trinajstić information content (AvgIpc) is 1.67. The van der Waals surface area contributed by atoms with Crippen LogP contribution in [0.2, 0.25) is 28.2 Å². The summed E-state index contributed by atoms with van der Waals surface area (Å²) in [4.78, 5) is 31.2. The average molecular weight is 1580 g/mol. The molecule has 19 atom stereocenters. The highest BCUT2D eigenvalue weighted by Gasteiger charge is 2.65. The van der Waals surface area contributed by atoms with E-state index in [-0.39, 0.29) is 66.0 Å². The van der Waals surface area contributed by atoms with E-state index >= 15 is 4.79 Å². The van der Waals surface area contributed by atoms with Crippen molar-refractivity contribution >= 4 is 57.6 Å².